The van der Waals surface area contributed by atoms with E-state index in [1.54, 1.807) is 32.0 Å². The normalized spacial score (nSPS) is 15.5. The van der Waals surface area contributed by atoms with E-state index in [2.05, 4.69) is 5.32 Å². The van der Waals surface area contributed by atoms with Crippen molar-refractivity contribution in [3.63, 3.8) is 0 Å². The van der Waals surface area contributed by atoms with E-state index in [1.165, 1.54) is 32.4 Å². The van der Waals surface area contributed by atoms with Crippen molar-refractivity contribution in [1.29, 1.82) is 0 Å². The van der Waals surface area contributed by atoms with Crippen LogP contribution >= 0.6 is 0 Å². The smallest absolute Gasteiger partial charge is 0.336 e. The Morgan fingerprint density at radius 1 is 1.00 bits per heavy atom. The van der Waals surface area contributed by atoms with Gasteiger partial charge in [-0.25, -0.2) is 9.69 Å². The van der Waals surface area contributed by atoms with E-state index in [0.29, 0.717) is 22.4 Å². The SMILES string of the molecule is COc1ccc(N2C(=O)NC(=O)/C(=C\c3cc(C)c(O)c(C)c3)C2=O)c(OC)c1. The molecule has 1 aliphatic heterocycles. The molecule has 0 aromatic heterocycles. The number of nitrogens with one attached hydrogen (secondary N) is 1. The maximum absolute atomic E-state index is 13.1. The third-order valence-corrected chi connectivity index (χ3v) is 4.55. The van der Waals surface area contributed by atoms with Gasteiger partial charge in [0.25, 0.3) is 11.8 Å². The number of carbonyl (C=O) groups is 3. The van der Waals surface area contributed by atoms with Gasteiger partial charge in [0.2, 0.25) is 0 Å². The molecule has 1 saturated heterocycles. The van der Waals surface area contributed by atoms with Crippen LogP contribution in [0.2, 0.25) is 0 Å². The summed E-state index contributed by atoms with van der Waals surface area (Å²) in [6.07, 6.45) is 1.38. The van der Waals surface area contributed by atoms with Gasteiger partial charge in [-0.2, -0.15) is 0 Å². The molecule has 1 fully saturated rings. The zero-order chi connectivity index (χ0) is 21.3. The standard InChI is InChI=1S/C21H20N2O6/c1-11-7-13(8-12(2)18(11)24)9-15-19(25)22-21(27)23(20(15)26)16-6-5-14(28-3)10-17(16)29-4/h5-10,24H,1-4H3,(H,22,25,27)/b15-9+. The fraction of sp³-hybridized carbons (Fsp3) is 0.190. The van der Waals surface area contributed by atoms with Crippen molar-refractivity contribution in [2.24, 2.45) is 0 Å². The molecule has 29 heavy (non-hydrogen) atoms. The van der Waals surface area contributed by atoms with Crippen LogP contribution in [0.4, 0.5) is 10.5 Å². The Labute approximate surface area is 167 Å². The van der Waals surface area contributed by atoms with Crippen molar-refractivity contribution in [1.82, 2.24) is 5.32 Å². The number of ether oxygens (including phenoxy) is 2. The third kappa shape index (κ3) is 3.64. The quantitative estimate of drug-likeness (QED) is 0.608. The van der Waals surface area contributed by atoms with E-state index in [-0.39, 0.29) is 22.8 Å². The second-order valence-corrected chi connectivity index (χ2v) is 6.50. The highest BCUT2D eigenvalue weighted by Gasteiger charge is 2.38. The van der Waals surface area contributed by atoms with Gasteiger partial charge in [-0.05, 0) is 60.9 Å². The van der Waals surface area contributed by atoms with E-state index in [4.69, 9.17) is 9.47 Å². The van der Waals surface area contributed by atoms with Crippen molar-refractivity contribution >= 4 is 29.6 Å². The zero-order valence-electron chi connectivity index (χ0n) is 16.4. The number of nitrogens with zero attached hydrogens (tertiary/aromatic N) is 1. The molecule has 150 valence electrons. The summed E-state index contributed by atoms with van der Waals surface area (Å²) < 4.78 is 10.4. The number of carbonyl (C=O) groups excluding carboxylic acids is 3. The monoisotopic (exact) mass is 396 g/mol. The number of phenols is 1. The molecule has 0 bridgehead atoms. The number of benzene rings is 2. The van der Waals surface area contributed by atoms with Crippen LogP contribution in [0.5, 0.6) is 17.2 Å². The van der Waals surface area contributed by atoms with Crippen LogP contribution in [0.3, 0.4) is 0 Å². The van der Waals surface area contributed by atoms with E-state index in [0.717, 1.165) is 4.90 Å². The van der Waals surface area contributed by atoms with Crippen LogP contribution < -0.4 is 19.7 Å². The number of urea groups is 1. The summed E-state index contributed by atoms with van der Waals surface area (Å²) in [5.41, 5.74) is 1.71. The first kappa shape index (κ1) is 19.9. The molecule has 8 heteroatoms. The summed E-state index contributed by atoms with van der Waals surface area (Å²) in [5.74, 6) is -0.723. The summed E-state index contributed by atoms with van der Waals surface area (Å²) in [6, 6.07) is 7.01. The molecule has 0 spiro atoms. The summed E-state index contributed by atoms with van der Waals surface area (Å²) in [7, 11) is 2.88. The maximum Gasteiger partial charge on any atom is 0.336 e. The Kier molecular flexibility index (Phi) is 5.27. The first-order chi connectivity index (χ1) is 13.8. The van der Waals surface area contributed by atoms with Crippen molar-refractivity contribution < 1.29 is 29.0 Å². The Morgan fingerprint density at radius 2 is 1.66 bits per heavy atom. The lowest BCUT2D eigenvalue weighted by Crippen LogP contribution is -2.54. The average Bonchev–Trinajstić information content (AvgIpc) is 2.69. The van der Waals surface area contributed by atoms with Crippen LogP contribution in [0.1, 0.15) is 16.7 Å². The predicted octanol–water partition coefficient (Wildman–Crippen LogP) is 2.69. The van der Waals surface area contributed by atoms with E-state index in [1.807, 2.05) is 0 Å². The maximum atomic E-state index is 13.1. The molecule has 1 heterocycles. The summed E-state index contributed by atoms with van der Waals surface area (Å²) in [4.78, 5) is 38.6. The number of anilines is 1. The average molecular weight is 396 g/mol. The van der Waals surface area contributed by atoms with Crippen molar-refractivity contribution in [3.8, 4) is 17.2 Å². The lowest BCUT2D eigenvalue weighted by Gasteiger charge is -2.27. The van der Waals surface area contributed by atoms with Crippen LogP contribution in [0, 0.1) is 13.8 Å². The van der Waals surface area contributed by atoms with E-state index >= 15 is 0 Å². The zero-order valence-corrected chi connectivity index (χ0v) is 16.4. The van der Waals surface area contributed by atoms with Crippen LogP contribution in [0.25, 0.3) is 6.08 Å². The molecule has 2 aromatic carbocycles. The molecule has 0 radical (unpaired) electrons. The van der Waals surface area contributed by atoms with Crippen LogP contribution in [-0.4, -0.2) is 37.2 Å². The molecule has 0 atom stereocenters. The second kappa shape index (κ2) is 7.67. The largest absolute Gasteiger partial charge is 0.507 e. The molecule has 8 nitrogen and oxygen atoms in total. The number of rotatable bonds is 4. The summed E-state index contributed by atoms with van der Waals surface area (Å²) >= 11 is 0. The minimum Gasteiger partial charge on any atom is -0.507 e. The summed E-state index contributed by atoms with van der Waals surface area (Å²) in [5, 5.41) is 12.1. The summed E-state index contributed by atoms with van der Waals surface area (Å²) in [6.45, 7) is 3.43. The van der Waals surface area contributed by atoms with Crippen LogP contribution in [0.15, 0.2) is 35.9 Å². The lowest BCUT2D eigenvalue weighted by atomic mass is 10.0. The van der Waals surface area contributed by atoms with E-state index in [9.17, 15) is 19.5 Å². The highest BCUT2D eigenvalue weighted by atomic mass is 16.5. The fourth-order valence-electron chi connectivity index (χ4n) is 3.09. The molecular weight excluding hydrogens is 376 g/mol. The van der Waals surface area contributed by atoms with Gasteiger partial charge < -0.3 is 14.6 Å². The number of phenolic OH excluding ortho intramolecular Hbond substituents is 1. The highest BCUT2D eigenvalue weighted by molar-refractivity contribution is 6.39. The fourth-order valence-corrected chi connectivity index (χ4v) is 3.09. The minimum absolute atomic E-state index is 0.145. The molecule has 0 saturated carbocycles. The predicted molar refractivity (Wildman–Crippen MR) is 106 cm³/mol. The molecule has 0 unspecified atom stereocenters. The number of amides is 4. The topological polar surface area (TPSA) is 105 Å². The molecular formula is C21H20N2O6. The van der Waals surface area contributed by atoms with Gasteiger partial charge in [0.15, 0.2) is 0 Å². The van der Waals surface area contributed by atoms with Gasteiger partial charge in [0.05, 0.1) is 19.9 Å². The van der Waals surface area contributed by atoms with Gasteiger partial charge in [0.1, 0.15) is 22.8 Å². The number of barbiturate groups is 1. The molecule has 2 aromatic rings. The lowest BCUT2D eigenvalue weighted by molar-refractivity contribution is -0.122. The van der Waals surface area contributed by atoms with Crippen molar-refractivity contribution in [2.45, 2.75) is 13.8 Å². The van der Waals surface area contributed by atoms with Gasteiger partial charge in [-0.15, -0.1) is 0 Å². The Bertz CT molecular complexity index is 1030. The molecule has 4 amide bonds. The Hall–Kier alpha value is -3.81. The van der Waals surface area contributed by atoms with Crippen molar-refractivity contribution in [3.05, 3.63) is 52.6 Å². The van der Waals surface area contributed by atoms with Gasteiger partial charge >= 0.3 is 6.03 Å². The molecule has 1 aliphatic rings. The van der Waals surface area contributed by atoms with Crippen molar-refractivity contribution in [2.75, 3.05) is 19.1 Å². The molecule has 3 rings (SSSR count). The van der Waals surface area contributed by atoms with Crippen LogP contribution in [-0.2, 0) is 9.59 Å². The first-order valence-electron chi connectivity index (χ1n) is 8.70. The van der Waals surface area contributed by atoms with Gasteiger partial charge in [0, 0.05) is 6.07 Å². The number of methoxy groups -OCH3 is 2. The highest BCUT2D eigenvalue weighted by Crippen LogP contribution is 2.34. The molecule has 2 N–H and O–H groups in total. The minimum atomic E-state index is -0.876. The number of imide groups is 2. The number of hydrogen-bond acceptors (Lipinski definition) is 6. The number of aromatic hydroxyl groups is 1. The number of aryl methyl sites for hydroxylation is 2. The Balaban J connectivity index is 2.08. The number of hydrogen-bond donors (Lipinski definition) is 2. The van der Waals surface area contributed by atoms with Gasteiger partial charge in [-0.1, -0.05) is 0 Å². The Morgan fingerprint density at radius 3 is 2.24 bits per heavy atom. The van der Waals surface area contributed by atoms with E-state index < -0.39 is 17.8 Å². The van der Waals surface area contributed by atoms with Gasteiger partial charge in [-0.3, -0.25) is 14.9 Å². The first-order valence-corrected chi connectivity index (χ1v) is 8.70. The second-order valence-electron chi connectivity index (χ2n) is 6.50. The third-order valence-electron chi connectivity index (χ3n) is 4.55. The molecule has 0 aliphatic carbocycles.